The minimum Gasteiger partial charge on any atom is -0.337 e. The first-order valence-corrected chi connectivity index (χ1v) is 12.2. The number of likely N-dealkylation sites (tertiary alicyclic amines) is 1. The zero-order valence-electron chi connectivity index (χ0n) is 17.8. The number of urea groups is 2. The maximum Gasteiger partial charge on any atom is 0.331 e. The fourth-order valence-electron chi connectivity index (χ4n) is 3.97. The highest BCUT2D eigenvalue weighted by molar-refractivity contribution is 7.90. The Morgan fingerprint density at radius 1 is 1.10 bits per heavy atom. The summed E-state index contributed by atoms with van der Waals surface area (Å²) in [5.74, 6) is -0.154. The minimum atomic E-state index is -3.96. The van der Waals surface area contributed by atoms with Crippen molar-refractivity contribution in [1.82, 2.24) is 19.8 Å². The second-order valence-corrected chi connectivity index (χ2v) is 9.77. The summed E-state index contributed by atoms with van der Waals surface area (Å²) in [5.41, 5.74) is 0.832. The standard InChI is InChI=1S/C21H30N4O5S/c1-24(17-6-2-3-7-17)21(28)23-31(29,30)18-11-9-16(10-12-18)13-14-22-20(27)25-15-5-4-8-19(25)26/h9-12,17H,2-8,13-15H2,1H3,(H,22,27)(H,23,28). The van der Waals surface area contributed by atoms with E-state index in [1.165, 1.54) is 21.9 Å². The largest absolute Gasteiger partial charge is 0.337 e. The van der Waals surface area contributed by atoms with Gasteiger partial charge in [0.05, 0.1) is 4.90 Å². The van der Waals surface area contributed by atoms with Gasteiger partial charge in [0, 0.05) is 32.6 Å². The molecule has 10 heteroatoms. The van der Waals surface area contributed by atoms with Crippen LogP contribution in [0.25, 0.3) is 0 Å². The van der Waals surface area contributed by atoms with E-state index in [9.17, 15) is 22.8 Å². The molecule has 5 amide bonds. The molecule has 0 radical (unpaired) electrons. The third-order valence-electron chi connectivity index (χ3n) is 5.91. The summed E-state index contributed by atoms with van der Waals surface area (Å²) < 4.78 is 27.2. The van der Waals surface area contributed by atoms with Gasteiger partial charge in [-0.25, -0.2) is 22.7 Å². The summed E-state index contributed by atoms with van der Waals surface area (Å²) in [6.45, 7) is 0.774. The van der Waals surface area contributed by atoms with Crippen molar-refractivity contribution in [2.45, 2.75) is 62.3 Å². The van der Waals surface area contributed by atoms with Crippen LogP contribution in [0.2, 0.25) is 0 Å². The Hall–Kier alpha value is -2.62. The van der Waals surface area contributed by atoms with Gasteiger partial charge in [-0.05, 0) is 49.8 Å². The van der Waals surface area contributed by atoms with Crippen LogP contribution in [0.15, 0.2) is 29.2 Å². The van der Waals surface area contributed by atoms with Gasteiger partial charge in [0.2, 0.25) is 5.91 Å². The number of hydrogen-bond donors (Lipinski definition) is 2. The van der Waals surface area contributed by atoms with E-state index in [0.717, 1.165) is 44.1 Å². The van der Waals surface area contributed by atoms with Gasteiger partial charge < -0.3 is 10.2 Å². The van der Waals surface area contributed by atoms with Gasteiger partial charge in [0.15, 0.2) is 0 Å². The van der Waals surface area contributed by atoms with Crippen molar-refractivity contribution in [3.8, 4) is 0 Å². The zero-order chi connectivity index (χ0) is 22.4. The molecule has 0 bridgehead atoms. The Balaban J connectivity index is 1.50. The second-order valence-electron chi connectivity index (χ2n) is 8.09. The number of benzene rings is 1. The molecule has 2 fully saturated rings. The Morgan fingerprint density at radius 2 is 1.77 bits per heavy atom. The van der Waals surface area contributed by atoms with E-state index in [1.807, 2.05) is 0 Å². The number of sulfonamides is 1. The van der Waals surface area contributed by atoms with E-state index in [1.54, 1.807) is 19.2 Å². The van der Waals surface area contributed by atoms with Crippen molar-refractivity contribution in [2.75, 3.05) is 20.1 Å². The van der Waals surface area contributed by atoms with Gasteiger partial charge in [-0.3, -0.25) is 9.69 Å². The van der Waals surface area contributed by atoms with Crippen molar-refractivity contribution >= 4 is 28.0 Å². The first kappa shape index (κ1) is 23.1. The maximum atomic E-state index is 12.5. The molecule has 9 nitrogen and oxygen atoms in total. The summed E-state index contributed by atoms with van der Waals surface area (Å²) in [6.07, 6.45) is 6.40. The smallest absolute Gasteiger partial charge is 0.331 e. The molecule has 1 aliphatic carbocycles. The summed E-state index contributed by atoms with van der Waals surface area (Å²) in [5, 5.41) is 2.73. The van der Waals surface area contributed by atoms with Gasteiger partial charge in [-0.15, -0.1) is 0 Å². The SMILES string of the molecule is CN(C(=O)NS(=O)(=O)c1ccc(CCNC(=O)N2CCCCC2=O)cc1)C1CCCC1. The topological polar surface area (TPSA) is 116 Å². The third-order valence-corrected chi connectivity index (χ3v) is 7.24. The number of amides is 5. The summed E-state index contributed by atoms with van der Waals surface area (Å²) in [7, 11) is -2.34. The fourth-order valence-corrected chi connectivity index (χ4v) is 4.95. The highest BCUT2D eigenvalue weighted by Crippen LogP contribution is 2.22. The first-order valence-electron chi connectivity index (χ1n) is 10.7. The van der Waals surface area contributed by atoms with Crippen molar-refractivity contribution in [3.05, 3.63) is 29.8 Å². The zero-order valence-corrected chi connectivity index (χ0v) is 18.6. The summed E-state index contributed by atoms with van der Waals surface area (Å²) in [6, 6.07) is 5.25. The highest BCUT2D eigenvalue weighted by Gasteiger charge is 2.27. The van der Waals surface area contributed by atoms with Gasteiger partial charge in [-0.2, -0.15) is 0 Å². The van der Waals surface area contributed by atoms with Crippen LogP contribution in [0.4, 0.5) is 9.59 Å². The molecule has 170 valence electrons. The predicted octanol–water partition coefficient (Wildman–Crippen LogP) is 2.22. The highest BCUT2D eigenvalue weighted by atomic mass is 32.2. The molecule has 0 unspecified atom stereocenters. The third kappa shape index (κ3) is 5.96. The van der Waals surface area contributed by atoms with E-state index >= 15 is 0 Å². The van der Waals surface area contributed by atoms with Gasteiger partial charge in [-0.1, -0.05) is 25.0 Å². The van der Waals surface area contributed by atoms with Crippen LogP contribution >= 0.6 is 0 Å². The van der Waals surface area contributed by atoms with Crippen molar-refractivity contribution in [2.24, 2.45) is 0 Å². The number of piperidine rings is 1. The van der Waals surface area contributed by atoms with Crippen LogP contribution in [0, 0.1) is 0 Å². The van der Waals surface area contributed by atoms with E-state index in [-0.39, 0.29) is 16.8 Å². The van der Waals surface area contributed by atoms with Crippen molar-refractivity contribution < 1.29 is 22.8 Å². The number of nitrogens with one attached hydrogen (secondary N) is 2. The van der Waals surface area contributed by atoms with Gasteiger partial charge in [0.1, 0.15) is 0 Å². The Kier molecular flexibility index (Phi) is 7.53. The quantitative estimate of drug-likeness (QED) is 0.689. The number of imide groups is 1. The molecule has 1 aromatic carbocycles. The van der Waals surface area contributed by atoms with Crippen LogP contribution in [0.1, 0.15) is 50.5 Å². The van der Waals surface area contributed by atoms with Crippen molar-refractivity contribution in [3.63, 3.8) is 0 Å². The van der Waals surface area contributed by atoms with Crippen LogP contribution < -0.4 is 10.0 Å². The van der Waals surface area contributed by atoms with Crippen LogP contribution in [-0.2, 0) is 21.2 Å². The second kappa shape index (κ2) is 10.1. The Morgan fingerprint density at radius 3 is 2.42 bits per heavy atom. The lowest BCUT2D eigenvalue weighted by Crippen LogP contribution is -2.46. The van der Waals surface area contributed by atoms with Gasteiger partial charge in [0.25, 0.3) is 10.0 Å². The van der Waals surface area contributed by atoms with E-state index in [4.69, 9.17) is 0 Å². The molecule has 1 heterocycles. The number of nitrogens with zero attached hydrogens (tertiary/aromatic N) is 2. The predicted molar refractivity (Wildman–Crippen MR) is 115 cm³/mol. The van der Waals surface area contributed by atoms with E-state index in [0.29, 0.717) is 25.9 Å². The first-order chi connectivity index (χ1) is 14.8. The van der Waals surface area contributed by atoms with Crippen LogP contribution in [0.5, 0.6) is 0 Å². The summed E-state index contributed by atoms with van der Waals surface area (Å²) in [4.78, 5) is 38.9. The molecule has 0 spiro atoms. The van der Waals surface area contributed by atoms with E-state index in [2.05, 4.69) is 10.0 Å². The number of carbonyl (C=O) groups is 3. The van der Waals surface area contributed by atoms with Gasteiger partial charge >= 0.3 is 12.1 Å². The molecule has 1 saturated heterocycles. The van der Waals surface area contributed by atoms with Crippen molar-refractivity contribution in [1.29, 1.82) is 0 Å². The molecule has 3 rings (SSSR count). The molecular formula is C21H30N4O5S. The normalized spacial score (nSPS) is 17.5. The average Bonchev–Trinajstić information content (AvgIpc) is 3.28. The molecule has 1 aliphatic heterocycles. The average molecular weight is 451 g/mol. The molecule has 0 aromatic heterocycles. The lowest BCUT2D eigenvalue weighted by molar-refractivity contribution is -0.130. The number of rotatable bonds is 6. The fraction of sp³-hybridized carbons (Fsp3) is 0.571. The van der Waals surface area contributed by atoms with Crippen LogP contribution in [-0.4, -0.2) is 62.4 Å². The Bertz CT molecular complexity index is 910. The number of hydrogen-bond acceptors (Lipinski definition) is 5. The lowest BCUT2D eigenvalue weighted by Gasteiger charge is -2.25. The maximum absolute atomic E-state index is 12.5. The molecule has 0 atom stereocenters. The Labute approximate surface area is 183 Å². The molecule has 1 saturated carbocycles. The minimum absolute atomic E-state index is 0.00682. The molecule has 2 N–H and O–H groups in total. The molecule has 2 aliphatic rings. The van der Waals surface area contributed by atoms with E-state index < -0.39 is 22.1 Å². The monoisotopic (exact) mass is 450 g/mol. The number of carbonyl (C=O) groups excluding carboxylic acids is 3. The molecule has 31 heavy (non-hydrogen) atoms. The van der Waals surface area contributed by atoms with Crippen LogP contribution in [0.3, 0.4) is 0 Å². The lowest BCUT2D eigenvalue weighted by atomic mass is 10.1. The molecule has 1 aromatic rings. The summed E-state index contributed by atoms with van der Waals surface area (Å²) >= 11 is 0. The molecular weight excluding hydrogens is 420 g/mol.